The number of anilines is 1. The van der Waals surface area contributed by atoms with Gasteiger partial charge in [0.15, 0.2) is 0 Å². The topological polar surface area (TPSA) is 57.7 Å². The summed E-state index contributed by atoms with van der Waals surface area (Å²) in [5.74, 6) is 0.139. The van der Waals surface area contributed by atoms with Crippen LogP contribution in [0.5, 0.6) is 0 Å². The number of likely N-dealkylation sites (tertiary alicyclic amines) is 1. The Morgan fingerprint density at radius 3 is 2.44 bits per heavy atom. The van der Waals surface area contributed by atoms with Crippen molar-refractivity contribution in [2.45, 2.75) is 29.6 Å². The van der Waals surface area contributed by atoms with Crippen molar-refractivity contribution in [1.82, 2.24) is 4.90 Å². The second-order valence-electron chi connectivity index (χ2n) is 9.61. The lowest BCUT2D eigenvalue weighted by Gasteiger charge is -2.30. The lowest BCUT2D eigenvalue weighted by Crippen LogP contribution is -2.39. The van der Waals surface area contributed by atoms with Crippen LogP contribution in [0.3, 0.4) is 0 Å². The van der Waals surface area contributed by atoms with Gasteiger partial charge in [0.25, 0.3) is 15.9 Å². The third-order valence-corrected chi connectivity index (χ3v) is 11.5. The van der Waals surface area contributed by atoms with Crippen LogP contribution in [-0.2, 0) is 16.6 Å². The number of amides is 1. The van der Waals surface area contributed by atoms with Gasteiger partial charge in [0.1, 0.15) is 0 Å². The van der Waals surface area contributed by atoms with Crippen molar-refractivity contribution >= 4 is 60.7 Å². The predicted octanol–water partition coefficient (Wildman–Crippen LogP) is 6.63. The van der Waals surface area contributed by atoms with E-state index in [-0.39, 0.29) is 33.3 Å². The van der Waals surface area contributed by atoms with E-state index in [4.69, 9.17) is 23.2 Å². The number of para-hydroxylation sites is 1. The Morgan fingerprint density at radius 1 is 1.06 bits per heavy atom. The third kappa shape index (κ3) is 4.55. The SMILES string of the molecule is CC12CCN(C(=O)c3cc(S(=O)(=O)N(Cc4ccccc4)c4ccccc4Cl)ccc3Cl)CC1C2Br. The zero-order valence-electron chi connectivity index (χ0n) is 19.6. The van der Waals surface area contributed by atoms with E-state index in [1.807, 2.05) is 30.3 Å². The minimum absolute atomic E-state index is 0.0160. The minimum Gasteiger partial charge on any atom is -0.338 e. The van der Waals surface area contributed by atoms with Crippen LogP contribution in [-0.4, -0.2) is 37.1 Å². The van der Waals surface area contributed by atoms with E-state index in [9.17, 15) is 13.2 Å². The van der Waals surface area contributed by atoms with Gasteiger partial charge in [-0.1, -0.05) is 88.5 Å². The van der Waals surface area contributed by atoms with Crippen LogP contribution in [0.2, 0.25) is 10.0 Å². The number of carbonyl (C=O) groups is 1. The first-order valence-electron chi connectivity index (χ1n) is 11.7. The maximum atomic E-state index is 14.0. The molecule has 1 saturated heterocycles. The molecular formula is C27H25BrCl2N2O3S. The molecule has 1 aliphatic heterocycles. The summed E-state index contributed by atoms with van der Waals surface area (Å²) in [4.78, 5) is 15.6. The molecular weight excluding hydrogens is 583 g/mol. The summed E-state index contributed by atoms with van der Waals surface area (Å²) in [5.41, 5.74) is 1.57. The van der Waals surface area contributed by atoms with E-state index in [0.29, 0.717) is 34.5 Å². The molecule has 2 aliphatic rings. The van der Waals surface area contributed by atoms with Crippen LogP contribution in [0.1, 0.15) is 29.3 Å². The Morgan fingerprint density at radius 2 is 1.75 bits per heavy atom. The predicted molar refractivity (Wildman–Crippen MR) is 148 cm³/mol. The van der Waals surface area contributed by atoms with Gasteiger partial charge in [-0.25, -0.2) is 8.42 Å². The number of rotatable bonds is 6. The van der Waals surface area contributed by atoms with Gasteiger partial charge in [0, 0.05) is 17.9 Å². The third-order valence-electron chi connectivity index (χ3n) is 7.39. The summed E-state index contributed by atoms with van der Waals surface area (Å²) in [7, 11) is -4.09. The standard InChI is InChI=1S/C27H25BrCl2N2O3S/c1-27-13-14-31(17-21(27)25(27)28)26(33)20-15-19(11-12-22(20)29)36(34,35)32(16-18-7-3-2-4-8-18)24-10-6-5-9-23(24)30/h2-12,15,21,25H,13-14,16-17H2,1H3. The lowest BCUT2D eigenvalue weighted by molar-refractivity contribution is 0.0691. The van der Waals surface area contributed by atoms with E-state index >= 15 is 0 Å². The van der Waals surface area contributed by atoms with Crippen molar-refractivity contribution in [3.05, 3.63) is 94.0 Å². The molecule has 188 valence electrons. The molecule has 1 saturated carbocycles. The lowest BCUT2D eigenvalue weighted by atomic mass is 9.97. The summed E-state index contributed by atoms with van der Waals surface area (Å²) in [6, 6.07) is 20.4. The number of benzene rings is 3. The zero-order chi connectivity index (χ0) is 25.7. The fraction of sp³-hybridized carbons (Fsp3) is 0.296. The molecule has 0 N–H and O–H groups in total. The highest BCUT2D eigenvalue weighted by molar-refractivity contribution is 9.09. The van der Waals surface area contributed by atoms with Gasteiger partial charge in [-0.3, -0.25) is 9.10 Å². The van der Waals surface area contributed by atoms with E-state index in [0.717, 1.165) is 12.0 Å². The number of carbonyl (C=O) groups excluding carboxylic acids is 1. The summed E-state index contributed by atoms with van der Waals surface area (Å²) in [5, 5.41) is 0.540. The van der Waals surface area contributed by atoms with Crippen LogP contribution in [0.4, 0.5) is 5.69 Å². The van der Waals surface area contributed by atoms with Crippen LogP contribution >= 0.6 is 39.1 Å². The first kappa shape index (κ1) is 25.6. The quantitative estimate of drug-likeness (QED) is 0.295. The molecule has 36 heavy (non-hydrogen) atoms. The second-order valence-corrected chi connectivity index (χ2v) is 13.3. The molecule has 1 amide bonds. The number of sulfonamides is 1. The average Bonchev–Trinajstić information content (AvgIpc) is 3.42. The highest BCUT2D eigenvalue weighted by atomic mass is 79.9. The van der Waals surface area contributed by atoms with E-state index in [1.165, 1.54) is 22.5 Å². The molecule has 0 spiro atoms. The van der Waals surface area contributed by atoms with E-state index in [1.54, 1.807) is 29.2 Å². The molecule has 3 atom stereocenters. The smallest absolute Gasteiger partial charge is 0.264 e. The summed E-state index contributed by atoms with van der Waals surface area (Å²) >= 11 is 16.6. The summed E-state index contributed by atoms with van der Waals surface area (Å²) in [6.07, 6.45) is 0.895. The first-order chi connectivity index (χ1) is 17.1. The minimum atomic E-state index is -4.09. The Labute approximate surface area is 230 Å². The van der Waals surface area contributed by atoms with Crippen molar-refractivity contribution in [2.75, 3.05) is 17.4 Å². The maximum Gasteiger partial charge on any atom is 0.264 e. The van der Waals surface area contributed by atoms with Crippen molar-refractivity contribution < 1.29 is 13.2 Å². The monoisotopic (exact) mass is 606 g/mol. The van der Waals surface area contributed by atoms with Crippen molar-refractivity contribution in [3.63, 3.8) is 0 Å². The van der Waals surface area contributed by atoms with Gasteiger partial charge >= 0.3 is 0 Å². The summed E-state index contributed by atoms with van der Waals surface area (Å²) in [6.45, 7) is 3.55. The highest BCUT2D eigenvalue weighted by Crippen LogP contribution is 2.61. The van der Waals surface area contributed by atoms with Crippen LogP contribution < -0.4 is 4.31 Å². The Kier molecular flexibility index (Phi) is 6.87. The molecule has 9 heteroatoms. The normalized spacial score (nSPS) is 23.2. The van der Waals surface area contributed by atoms with E-state index in [2.05, 4.69) is 22.9 Å². The van der Waals surface area contributed by atoms with Gasteiger partial charge < -0.3 is 4.90 Å². The largest absolute Gasteiger partial charge is 0.338 e. The van der Waals surface area contributed by atoms with Crippen LogP contribution in [0.25, 0.3) is 0 Å². The van der Waals surface area contributed by atoms with Crippen molar-refractivity contribution in [3.8, 4) is 0 Å². The molecule has 3 aromatic carbocycles. The molecule has 0 bridgehead atoms. The van der Waals surface area contributed by atoms with Gasteiger partial charge in [-0.2, -0.15) is 0 Å². The molecule has 2 fully saturated rings. The number of halogens is 3. The zero-order valence-corrected chi connectivity index (χ0v) is 23.5. The number of piperidine rings is 1. The van der Waals surface area contributed by atoms with Gasteiger partial charge in [0.05, 0.1) is 32.7 Å². The first-order valence-corrected chi connectivity index (χ1v) is 14.8. The van der Waals surface area contributed by atoms with Crippen LogP contribution in [0, 0.1) is 11.3 Å². The number of fused-ring (bicyclic) bond motifs is 1. The molecule has 1 aliphatic carbocycles. The van der Waals surface area contributed by atoms with E-state index < -0.39 is 10.0 Å². The molecule has 1 heterocycles. The molecule has 5 nitrogen and oxygen atoms in total. The van der Waals surface area contributed by atoms with Gasteiger partial charge in [0.2, 0.25) is 0 Å². The molecule has 5 rings (SSSR count). The number of nitrogens with zero attached hydrogens (tertiary/aromatic N) is 2. The van der Waals surface area contributed by atoms with Gasteiger partial charge in [-0.05, 0) is 53.6 Å². The fourth-order valence-electron chi connectivity index (χ4n) is 4.94. The number of alkyl halides is 1. The molecule has 0 aromatic heterocycles. The average molecular weight is 608 g/mol. The summed E-state index contributed by atoms with van der Waals surface area (Å²) < 4.78 is 29.2. The Hall–Kier alpha value is -2.06. The Balaban J connectivity index is 1.50. The Bertz CT molecular complexity index is 1420. The van der Waals surface area contributed by atoms with Crippen LogP contribution in [0.15, 0.2) is 77.7 Å². The van der Waals surface area contributed by atoms with Crippen molar-refractivity contribution in [1.29, 1.82) is 0 Å². The second kappa shape index (κ2) is 9.67. The fourth-order valence-corrected chi connectivity index (χ4v) is 8.11. The number of hydrogen-bond donors (Lipinski definition) is 0. The molecule has 0 radical (unpaired) electrons. The number of hydrogen-bond acceptors (Lipinski definition) is 3. The van der Waals surface area contributed by atoms with Crippen molar-refractivity contribution in [2.24, 2.45) is 11.3 Å². The molecule has 3 aromatic rings. The highest BCUT2D eigenvalue weighted by Gasteiger charge is 2.62. The van der Waals surface area contributed by atoms with Gasteiger partial charge in [-0.15, -0.1) is 0 Å². The molecule has 3 unspecified atom stereocenters. The maximum absolute atomic E-state index is 14.0.